The molecule has 0 amide bonds. The molecule has 11 heteroatoms. The lowest BCUT2D eigenvalue weighted by Gasteiger charge is -2.13. The minimum absolute atomic E-state index is 0.0158. The van der Waals surface area contributed by atoms with E-state index in [1.165, 1.54) is 7.11 Å². The van der Waals surface area contributed by atoms with Crippen molar-refractivity contribution in [3.05, 3.63) is 0 Å². The van der Waals surface area contributed by atoms with Crippen LogP contribution in [0, 0.1) is 0 Å². The largest absolute Gasteiger partial charge is 0.508 e. The van der Waals surface area contributed by atoms with Gasteiger partial charge in [-0.15, -0.1) is 0 Å². The number of methoxy groups -OCH3 is 1. The highest BCUT2D eigenvalue weighted by Gasteiger charge is 2.07. The quantitative estimate of drug-likeness (QED) is 0.191. The van der Waals surface area contributed by atoms with Gasteiger partial charge in [-0.2, -0.15) is 0 Å². The molecule has 1 atom stereocenters. The molecule has 148 valence electrons. The molecule has 0 saturated carbocycles. The first-order valence-corrected chi connectivity index (χ1v) is 7.63. The zero-order valence-corrected chi connectivity index (χ0v) is 14.5. The van der Waals surface area contributed by atoms with Crippen LogP contribution in [0.3, 0.4) is 0 Å². The highest BCUT2D eigenvalue weighted by molar-refractivity contribution is 5.60. The number of carbonyl (C=O) groups excluding carboxylic acids is 2. The van der Waals surface area contributed by atoms with E-state index < -0.39 is 12.3 Å². The SMILES string of the molecule is COCCOC(=O)OCCOC(C)COCCOC(=O)OCCOO. The van der Waals surface area contributed by atoms with Gasteiger partial charge in [-0.25, -0.2) is 14.5 Å². The Morgan fingerprint density at radius 1 is 0.800 bits per heavy atom. The van der Waals surface area contributed by atoms with Crippen molar-refractivity contribution >= 4 is 12.3 Å². The monoisotopic (exact) mass is 370 g/mol. The van der Waals surface area contributed by atoms with Gasteiger partial charge in [-0.1, -0.05) is 0 Å². The fraction of sp³-hybridized carbons (Fsp3) is 0.857. The molecule has 0 spiro atoms. The van der Waals surface area contributed by atoms with E-state index in [4.69, 9.17) is 33.7 Å². The van der Waals surface area contributed by atoms with Gasteiger partial charge in [-0.05, 0) is 6.92 Å². The molecule has 11 nitrogen and oxygen atoms in total. The van der Waals surface area contributed by atoms with Crippen LogP contribution in [0.1, 0.15) is 6.92 Å². The molecule has 0 aliphatic rings. The molecular formula is C14H26O11. The third kappa shape index (κ3) is 17.0. The average molecular weight is 370 g/mol. The van der Waals surface area contributed by atoms with Gasteiger partial charge in [0.15, 0.2) is 0 Å². The Hall–Kier alpha value is -1.66. The van der Waals surface area contributed by atoms with E-state index in [1.807, 2.05) is 0 Å². The van der Waals surface area contributed by atoms with Crippen LogP contribution in [0.2, 0.25) is 0 Å². The van der Waals surface area contributed by atoms with E-state index in [1.54, 1.807) is 6.92 Å². The fourth-order valence-electron chi connectivity index (χ4n) is 1.31. The molecule has 0 aromatic rings. The Kier molecular flexibility index (Phi) is 16.0. The van der Waals surface area contributed by atoms with Gasteiger partial charge in [0, 0.05) is 7.11 Å². The normalized spacial score (nSPS) is 11.6. The lowest BCUT2D eigenvalue weighted by molar-refractivity contribution is -0.247. The van der Waals surface area contributed by atoms with E-state index in [-0.39, 0.29) is 59.0 Å². The summed E-state index contributed by atoms with van der Waals surface area (Å²) in [5.41, 5.74) is 0. The Morgan fingerprint density at radius 3 is 1.88 bits per heavy atom. The van der Waals surface area contributed by atoms with Crippen LogP contribution >= 0.6 is 0 Å². The van der Waals surface area contributed by atoms with Crippen LogP contribution in [-0.2, 0) is 38.0 Å². The summed E-state index contributed by atoms with van der Waals surface area (Å²) in [6.07, 6.45) is -1.89. The van der Waals surface area contributed by atoms with Gasteiger partial charge in [0.1, 0.15) is 33.0 Å². The minimum Gasteiger partial charge on any atom is -0.432 e. The molecule has 1 unspecified atom stereocenters. The van der Waals surface area contributed by atoms with Crippen molar-refractivity contribution in [2.75, 3.05) is 66.6 Å². The number of hydrogen-bond acceptors (Lipinski definition) is 11. The van der Waals surface area contributed by atoms with Crippen LogP contribution in [-0.4, -0.2) is 90.2 Å². The standard InChI is InChI=1S/C14H26O11/c1-12(20-7-8-23-13(15)21-5-3-18-2)11-19-4-6-22-14(16)24-9-10-25-17/h12,17H,3-11H2,1-2H3. The summed E-state index contributed by atoms with van der Waals surface area (Å²) in [4.78, 5) is 25.8. The van der Waals surface area contributed by atoms with Crippen molar-refractivity contribution in [3.8, 4) is 0 Å². The van der Waals surface area contributed by atoms with E-state index >= 15 is 0 Å². The summed E-state index contributed by atoms with van der Waals surface area (Å²) in [5.74, 6) is 0. The predicted molar refractivity (Wildman–Crippen MR) is 81.3 cm³/mol. The summed E-state index contributed by atoms with van der Waals surface area (Å²) >= 11 is 0. The van der Waals surface area contributed by atoms with Crippen LogP contribution in [0.25, 0.3) is 0 Å². The Balaban J connectivity index is 3.39. The molecule has 0 bridgehead atoms. The van der Waals surface area contributed by atoms with Gasteiger partial charge in [0.25, 0.3) is 0 Å². The van der Waals surface area contributed by atoms with E-state index in [9.17, 15) is 9.59 Å². The van der Waals surface area contributed by atoms with Crippen LogP contribution in [0.5, 0.6) is 0 Å². The first-order valence-electron chi connectivity index (χ1n) is 7.63. The van der Waals surface area contributed by atoms with Gasteiger partial charge < -0.3 is 33.2 Å². The van der Waals surface area contributed by atoms with Crippen molar-refractivity contribution in [1.82, 2.24) is 0 Å². The molecule has 0 aromatic carbocycles. The zero-order valence-electron chi connectivity index (χ0n) is 14.5. The van der Waals surface area contributed by atoms with Crippen molar-refractivity contribution in [3.63, 3.8) is 0 Å². The first-order chi connectivity index (χ1) is 12.1. The topological polar surface area (TPSA) is 128 Å². The molecule has 0 heterocycles. The highest BCUT2D eigenvalue weighted by atomic mass is 17.1. The van der Waals surface area contributed by atoms with Crippen LogP contribution in [0.15, 0.2) is 0 Å². The van der Waals surface area contributed by atoms with E-state index in [0.29, 0.717) is 6.61 Å². The lowest BCUT2D eigenvalue weighted by Crippen LogP contribution is -2.22. The summed E-state index contributed by atoms with van der Waals surface area (Å²) < 4.78 is 34.0. The molecule has 0 saturated heterocycles. The number of carbonyl (C=O) groups is 2. The van der Waals surface area contributed by atoms with Gasteiger partial charge >= 0.3 is 12.3 Å². The average Bonchev–Trinajstić information content (AvgIpc) is 2.59. The predicted octanol–water partition coefficient (Wildman–Crippen LogP) is 0.851. The molecule has 0 rings (SSSR count). The fourth-order valence-corrected chi connectivity index (χ4v) is 1.31. The summed E-state index contributed by atoms with van der Waals surface area (Å²) in [7, 11) is 1.50. The van der Waals surface area contributed by atoms with Crippen molar-refractivity contribution in [2.45, 2.75) is 13.0 Å². The molecule has 25 heavy (non-hydrogen) atoms. The van der Waals surface area contributed by atoms with Crippen molar-refractivity contribution in [2.24, 2.45) is 0 Å². The Labute approximate surface area is 145 Å². The molecule has 0 aliphatic heterocycles. The number of rotatable bonds is 15. The van der Waals surface area contributed by atoms with Crippen LogP contribution in [0.4, 0.5) is 9.59 Å². The Bertz CT molecular complexity index is 337. The second kappa shape index (κ2) is 17.2. The summed E-state index contributed by atoms with van der Waals surface area (Å²) in [6.45, 7) is 2.68. The number of ether oxygens (including phenoxy) is 7. The second-order valence-electron chi connectivity index (χ2n) is 4.48. The van der Waals surface area contributed by atoms with Crippen molar-refractivity contribution in [1.29, 1.82) is 0 Å². The first kappa shape index (κ1) is 23.3. The Morgan fingerprint density at radius 2 is 1.32 bits per heavy atom. The highest BCUT2D eigenvalue weighted by Crippen LogP contribution is 1.94. The second-order valence-corrected chi connectivity index (χ2v) is 4.48. The molecule has 0 aromatic heterocycles. The zero-order chi connectivity index (χ0) is 18.8. The summed E-state index contributed by atoms with van der Waals surface area (Å²) in [5, 5.41) is 8.03. The van der Waals surface area contributed by atoms with Gasteiger partial charge in [0.05, 0.1) is 32.5 Å². The number of hydrogen-bond donors (Lipinski definition) is 1. The van der Waals surface area contributed by atoms with E-state index in [0.717, 1.165) is 0 Å². The van der Waals surface area contributed by atoms with Gasteiger partial charge in [-0.3, -0.25) is 5.26 Å². The third-order valence-electron chi connectivity index (χ3n) is 2.41. The minimum atomic E-state index is -0.875. The van der Waals surface area contributed by atoms with Gasteiger partial charge in [0.2, 0.25) is 0 Å². The maximum Gasteiger partial charge on any atom is 0.508 e. The molecule has 0 radical (unpaired) electrons. The molecule has 1 N–H and O–H groups in total. The summed E-state index contributed by atoms with van der Waals surface area (Å²) in [6, 6.07) is 0. The maximum absolute atomic E-state index is 11.1. The maximum atomic E-state index is 11.1. The smallest absolute Gasteiger partial charge is 0.432 e. The van der Waals surface area contributed by atoms with Crippen LogP contribution < -0.4 is 0 Å². The molecule has 0 fully saturated rings. The molecule has 0 aliphatic carbocycles. The lowest BCUT2D eigenvalue weighted by atomic mass is 10.4. The third-order valence-corrected chi connectivity index (χ3v) is 2.41. The molecular weight excluding hydrogens is 344 g/mol. The van der Waals surface area contributed by atoms with Crippen molar-refractivity contribution < 1.29 is 52.9 Å². The van der Waals surface area contributed by atoms with E-state index in [2.05, 4.69) is 9.62 Å².